The summed E-state index contributed by atoms with van der Waals surface area (Å²) in [7, 11) is 1.93. The Balaban J connectivity index is 1.92. The maximum atomic E-state index is 12.3. The second kappa shape index (κ2) is 5.91. The number of nitriles is 1. The van der Waals surface area contributed by atoms with E-state index < -0.39 is 0 Å². The van der Waals surface area contributed by atoms with Crippen LogP contribution in [0.1, 0.15) is 6.42 Å². The van der Waals surface area contributed by atoms with E-state index in [1.807, 2.05) is 48.3 Å². The molecule has 25 heavy (non-hydrogen) atoms. The Morgan fingerprint density at radius 3 is 2.76 bits per heavy atom. The average Bonchev–Trinajstić information content (AvgIpc) is 2.64. The normalized spacial score (nSPS) is 11.0. The van der Waals surface area contributed by atoms with Crippen molar-refractivity contribution in [3.05, 3.63) is 58.8 Å². The number of fused-ring (bicyclic) bond motifs is 4. The molecule has 1 aliphatic carbocycles. The van der Waals surface area contributed by atoms with Crippen molar-refractivity contribution in [2.75, 3.05) is 18.5 Å². The van der Waals surface area contributed by atoms with Crippen molar-refractivity contribution in [3.63, 3.8) is 0 Å². The van der Waals surface area contributed by atoms with Gasteiger partial charge in [0.2, 0.25) is 0 Å². The summed E-state index contributed by atoms with van der Waals surface area (Å²) >= 11 is 0. The van der Waals surface area contributed by atoms with Gasteiger partial charge >= 0.3 is 0 Å². The summed E-state index contributed by atoms with van der Waals surface area (Å²) in [4.78, 5) is 19.0. The van der Waals surface area contributed by atoms with Crippen LogP contribution in [0.15, 0.2) is 57.7 Å². The number of hydrogen-bond acceptors (Lipinski definition) is 5. The monoisotopic (exact) mass is 329 g/mol. The molecule has 0 N–H and O–H groups in total. The summed E-state index contributed by atoms with van der Waals surface area (Å²) in [5.41, 5.74) is 2.90. The third-order valence-corrected chi connectivity index (χ3v) is 4.34. The second-order valence-corrected chi connectivity index (χ2v) is 5.96. The van der Waals surface area contributed by atoms with Gasteiger partial charge in [0.05, 0.1) is 12.5 Å². The van der Waals surface area contributed by atoms with E-state index in [0.29, 0.717) is 35.4 Å². The van der Waals surface area contributed by atoms with E-state index in [0.717, 1.165) is 16.6 Å². The predicted octanol–water partition coefficient (Wildman–Crippen LogP) is 3.80. The van der Waals surface area contributed by atoms with E-state index in [1.165, 1.54) is 6.07 Å². The highest BCUT2D eigenvalue weighted by Gasteiger charge is 2.15. The molecule has 1 heterocycles. The molecular formula is C20H15N3O2. The van der Waals surface area contributed by atoms with Crippen LogP contribution in [0.5, 0.6) is 0 Å². The van der Waals surface area contributed by atoms with Gasteiger partial charge in [-0.15, -0.1) is 0 Å². The fraction of sp³-hybridized carbons (Fsp3) is 0.150. The summed E-state index contributed by atoms with van der Waals surface area (Å²) in [6, 6.07) is 16.8. The topological polar surface area (TPSA) is 70.1 Å². The molecule has 5 nitrogen and oxygen atoms in total. The Bertz CT molecular complexity index is 1160. The highest BCUT2D eigenvalue weighted by molar-refractivity contribution is 5.96. The lowest BCUT2D eigenvalue weighted by atomic mass is 10.0. The minimum Gasteiger partial charge on any atom is -0.453 e. The zero-order valence-corrected chi connectivity index (χ0v) is 13.7. The standard InChI is InChI=1S/C20H15N3O2/c1-23(10-4-9-21)13-7-8-16-18(11-13)25-19-12-17(24)14-5-2-3-6-15(14)20(19)22-16/h2-3,5-8,11-12H,4,10H2,1H3. The highest BCUT2D eigenvalue weighted by atomic mass is 16.3. The van der Waals surface area contributed by atoms with Gasteiger partial charge in [-0.1, -0.05) is 24.3 Å². The first kappa shape index (κ1) is 15.2. The molecule has 1 aliphatic heterocycles. The SMILES string of the molecule is CN(CCC#N)c1ccc2nc3c4ccccc4c(=O)cc-3oc2c1. The molecule has 2 aromatic carbocycles. The van der Waals surface area contributed by atoms with Crippen LogP contribution in [0.25, 0.3) is 33.3 Å². The van der Waals surface area contributed by atoms with Crippen LogP contribution in [0, 0.1) is 11.3 Å². The van der Waals surface area contributed by atoms with E-state index in [1.54, 1.807) is 6.07 Å². The van der Waals surface area contributed by atoms with Gasteiger partial charge in [0, 0.05) is 42.2 Å². The van der Waals surface area contributed by atoms with Gasteiger partial charge in [-0.25, -0.2) is 4.98 Å². The van der Waals surface area contributed by atoms with Crippen LogP contribution in [0.2, 0.25) is 0 Å². The van der Waals surface area contributed by atoms with Gasteiger partial charge in [0.25, 0.3) is 0 Å². The number of rotatable bonds is 3. The van der Waals surface area contributed by atoms with Crippen LogP contribution in [-0.2, 0) is 0 Å². The number of anilines is 1. The van der Waals surface area contributed by atoms with Crippen LogP contribution >= 0.6 is 0 Å². The molecule has 0 bridgehead atoms. The van der Waals surface area contributed by atoms with Crippen molar-refractivity contribution < 1.29 is 4.42 Å². The lowest BCUT2D eigenvalue weighted by Crippen LogP contribution is -2.17. The van der Waals surface area contributed by atoms with Gasteiger partial charge in [0.1, 0.15) is 11.2 Å². The van der Waals surface area contributed by atoms with Gasteiger partial charge in [-0.3, -0.25) is 4.79 Å². The molecule has 0 saturated heterocycles. The van der Waals surface area contributed by atoms with E-state index in [9.17, 15) is 4.79 Å². The van der Waals surface area contributed by atoms with Crippen molar-refractivity contribution >= 4 is 27.6 Å². The third-order valence-electron chi connectivity index (χ3n) is 4.34. The molecule has 0 radical (unpaired) electrons. The molecule has 0 amide bonds. The van der Waals surface area contributed by atoms with Crippen molar-refractivity contribution in [2.45, 2.75) is 6.42 Å². The number of nitrogens with zero attached hydrogens (tertiary/aromatic N) is 3. The largest absolute Gasteiger partial charge is 0.453 e. The van der Waals surface area contributed by atoms with Crippen molar-refractivity contribution in [2.24, 2.45) is 0 Å². The molecular weight excluding hydrogens is 314 g/mol. The Hall–Kier alpha value is -3.39. The zero-order chi connectivity index (χ0) is 17.4. The lowest BCUT2D eigenvalue weighted by Gasteiger charge is -2.18. The summed E-state index contributed by atoms with van der Waals surface area (Å²) in [6.45, 7) is 0.637. The van der Waals surface area contributed by atoms with E-state index in [4.69, 9.17) is 14.7 Å². The number of hydrogen-bond donors (Lipinski definition) is 0. The lowest BCUT2D eigenvalue weighted by molar-refractivity contribution is 0.613. The van der Waals surface area contributed by atoms with E-state index in [2.05, 4.69) is 6.07 Å². The molecule has 2 aromatic rings. The summed E-state index contributed by atoms with van der Waals surface area (Å²) in [5.74, 6) is 0.480. The molecule has 5 heteroatoms. The minimum atomic E-state index is -0.0738. The van der Waals surface area contributed by atoms with Gasteiger partial charge in [0.15, 0.2) is 16.8 Å². The first-order valence-electron chi connectivity index (χ1n) is 8.02. The van der Waals surface area contributed by atoms with E-state index in [-0.39, 0.29) is 5.43 Å². The molecule has 2 aliphatic rings. The smallest absolute Gasteiger partial charge is 0.190 e. The first-order valence-corrected chi connectivity index (χ1v) is 8.02. The predicted molar refractivity (Wildman–Crippen MR) is 97.9 cm³/mol. The molecule has 0 saturated carbocycles. The van der Waals surface area contributed by atoms with Crippen molar-refractivity contribution in [1.82, 2.24) is 4.98 Å². The van der Waals surface area contributed by atoms with Crippen molar-refractivity contribution in [1.29, 1.82) is 5.26 Å². The minimum absolute atomic E-state index is 0.0738. The maximum Gasteiger partial charge on any atom is 0.190 e. The van der Waals surface area contributed by atoms with Crippen LogP contribution in [0.3, 0.4) is 0 Å². The Labute approximate surface area is 144 Å². The Morgan fingerprint density at radius 1 is 1.16 bits per heavy atom. The molecule has 0 fully saturated rings. The quantitative estimate of drug-likeness (QED) is 0.422. The van der Waals surface area contributed by atoms with Crippen molar-refractivity contribution in [3.8, 4) is 17.5 Å². The molecule has 122 valence electrons. The Morgan fingerprint density at radius 2 is 1.96 bits per heavy atom. The fourth-order valence-electron chi connectivity index (χ4n) is 3.00. The summed E-state index contributed by atoms with van der Waals surface area (Å²) in [5, 5.41) is 10.2. The summed E-state index contributed by atoms with van der Waals surface area (Å²) in [6.07, 6.45) is 0.452. The number of benzene rings is 3. The molecule has 0 atom stereocenters. The molecule has 0 unspecified atom stereocenters. The van der Waals surface area contributed by atoms with Gasteiger partial charge < -0.3 is 9.32 Å². The molecule has 0 spiro atoms. The molecule has 0 aromatic heterocycles. The maximum absolute atomic E-state index is 12.3. The Kier molecular flexibility index (Phi) is 3.58. The van der Waals surface area contributed by atoms with Crippen LogP contribution < -0.4 is 10.3 Å². The molecule has 4 rings (SSSR count). The van der Waals surface area contributed by atoms with Gasteiger partial charge in [-0.05, 0) is 12.1 Å². The first-order chi connectivity index (χ1) is 12.2. The second-order valence-electron chi connectivity index (χ2n) is 5.96. The van der Waals surface area contributed by atoms with Crippen LogP contribution in [-0.4, -0.2) is 18.6 Å². The highest BCUT2D eigenvalue weighted by Crippen LogP contribution is 2.31. The van der Waals surface area contributed by atoms with Gasteiger partial charge in [-0.2, -0.15) is 5.26 Å². The fourth-order valence-corrected chi connectivity index (χ4v) is 3.00. The van der Waals surface area contributed by atoms with Crippen LogP contribution in [0.4, 0.5) is 5.69 Å². The zero-order valence-electron chi connectivity index (χ0n) is 13.7. The summed E-state index contributed by atoms with van der Waals surface area (Å²) < 4.78 is 5.98. The number of aromatic nitrogens is 1. The average molecular weight is 329 g/mol. The van der Waals surface area contributed by atoms with E-state index >= 15 is 0 Å². The third kappa shape index (κ3) is 2.58.